The Morgan fingerprint density at radius 1 is 1.15 bits per heavy atom. The second-order valence-electron chi connectivity index (χ2n) is 7.61. The maximum absolute atomic E-state index is 12.9. The zero-order valence-corrected chi connectivity index (χ0v) is 17.0. The number of amides is 1. The molecule has 2 rings (SSSR count). The van der Waals surface area contributed by atoms with E-state index >= 15 is 0 Å². The molecule has 0 radical (unpaired) electrons. The van der Waals surface area contributed by atoms with E-state index in [0.29, 0.717) is 19.5 Å². The Bertz CT molecular complexity index is 648. The highest BCUT2D eigenvalue weighted by atomic mass is 16.5. The largest absolute Gasteiger partial charge is 0.469 e. The molecule has 0 heterocycles. The van der Waals surface area contributed by atoms with Gasteiger partial charge in [0, 0.05) is 19.5 Å². The molecule has 0 saturated heterocycles. The van der Waals surface area contributed by atoms with Gasteiger partial charge >= 0.3 is 5.97 Å². The van der Waals surface area contributed by atoms with Gasteiger partial charge in [-0.2, -0.15) is 0 Å². The summed E-state index contributed by atoms with van der Waals surface area (Å²) < 4.78 is 4.84. The van der Waals surface area contributed by atoms with Gasteiger partial charge in [-0.25, -0.2) is 0 Å². The Morgan fingerprint density at radius 2 is 1.89 bits per heavy atom. The number of ether oxygens (including phenoxy) is 1. The Labute approximate surface area is 163 Å². The summed E-state index contributed by atoms with van der Waals surface area (Å²) in [5.74, 6) is -0.454. The summed E-state index contributed by atoms with van der Waals surface area (Å²) in [5, 5.41) is 0. The van der Waals surface area contributed by atoms with Gasteiger partial charge in [0.2, 0.25) is 5.91 Å². The molecule has 1 atom stereocenters. The first-order valence-corrected chi connectivity index (χ1v) is 10.1. The molecule has 0 N–H and O–H groups in total. The van der Waals surface area contributed by atoms with Crippen molar-refractivity contribution in [2.24, 2.45) is 5.92 Å². The summed E-state index contributed by atoms with van der Waals surface area (Å²) >= 11 is 0. The molecule has 0 saturated carbocycles. The summed E-state index contributed by atoms with van der Waals surface area (Å²) in [6.07, 6.45) is 9.22. The van der Waals surface area contributed by atoms with E-state index < -0.39 is 0 Å². The van der Waals surface area contributed by atoms with Crippen molar-refractivity contribution in [3.63, 3.8) is 0 Å². The number of carbonyl (C=O) groups is 2. The number of esters is 1. The third kappa shape index (κ3) is 7.20. The quantitative estimate of drug-likeness (QED) is 0.476. The summed E-state index contributed by atoms with van der Waals surface area (Å²) in [5.41, 5.74) is 3.84. The standard InChI is InChI=1S/C23H33NO3/c1-18-9-11-21(12-10-18)13-14-22(25)24(17-19(2)23(26)27-3)16-15-20-7-5-4-6-8-20/h7,9-12,19H,4-6,8,13-17H2,1-3H3. The van der Waals surface area contributed by atoms with Gasteiger partial charge in [-0.3, -0.25) is 9.59 Å². The van der Waals surface area contributed by atoms with Crippen LogP contribution in [0.3, 0.4) is 0 Å². The van der Waals surface area contributed by atoms with Crippen LogP contribution in [0.2, 0.25) is 0 Å². The maximum atomic E-state index is 12.9. The summed E-state index contributed by atoms with van der Waals surface area (Å²) in [7, 11) is 1.40. The first kappa shape index (κ1) is 21.2. The topological polar surface area (TPSA) is 46.6 Å². The molecule has 1 aliphatic rings. The van der Waals surface area contributed by atoms with Gasteiger partial charge in [-0.05, 0) is 51.0 Å². The average molecular weight is 372 g/mol. The molecule has 0 aromatic heterocycles. The molecular weight excluding hydrogens is 338 g/mol. The molecule has 0 fully saturated rings. The minimum absolute atomic E-state index is 0.114. The van der Waals surface area contributed by atoms with Crippen LogP contribution in [0.4, 0.5) is 0 Å². The fourth-order valence-electron chi connectivity index (χ4n) is 3.50. The van der Waals surface area contributed by atoms with Crippen molar-refractivity contribution >= 4 is 11.9 Å². The Hall–Kier alpha value is -2.10. The summed E-state index contributed by atoms with van der Waals surface area (Å²) in [6.45, 7) is 4.99. The second kappa shape index (κ2) is 10.9. The number of hydrogen-bond acceptors (Lipinski definition) is 3. The normalized spacial score (nSPS) is 15.0. The molecule has 4 nitrogen and oxygen atoms in total. The molecule has 1 unspecified atom stereocenters. The van der Waals surface area contributed by atoms with Crippen LogP contribution >= 0.6 is 0 Å². The van der Waals surface area contributed by atoms with E-state index in [-0.39, 0.29) is 17.8 Å². The SMILES string of the molecule is COC(=O)C(C)CN(CCC1=CCCCC1)C(=O)CCc1ccc(C)cc1. The van der Waals surface area contributed by atoms with Crippen LogP contribution in [0.1, 0.15) is 56.6 Å². The Morgan fingerprint density at radius 3 is 2.52 bits per heavy atom. The van der Waals surface area contributed by atoms with Crippen LogP contribution in [0.5, 0.6) is 0 Å². The molecule has 1 amide bonds. The highest BCUT2D eigenvalue weighted by Gasteiger charge is 2.21. The molecule has 1 aliphatic carbocycles. The monoisotopic (exact) mass is 371 g/mol. The number of nitrogens with zero attached hydrogens (tertiary/aromatic N) is 1. The van der Waals surface area contributed by atoms with E-state index in [1.54, 1.807) is 0 Å². The molecular formula is C23H33NO3. The van der Waals surface area contributed by atoms with Crippen LogP contribution in [-0.4, -0.2) is 37.0 Å². The van der Waals surface area contributed by atoms with Crippen molar-refractivity contribution in [2.45, 2.75) is 58.8 Å². The lowest BCUT2D eigenvalue weighted by molar-refractivity contribution is -0.146. The van der Waals surface area contributed by atoms with E-state index in [2.05, 4.69) is 37.3 Å². The first-order valence-electron chi connectivity index (χ1n) is 10.1. The van der Waals surface area contributed by atoms with Crippen LogP contribution in [0.15, 0.2) is 35.9 Å². The molecule has 4 heteroatoms. The molecule has 1 aromatic carbocycles. The minimum Gasteiger partial charge on any atom is -0.469 e. The Balaban J connectivity index is 1.95. The van der Waals surface area contributed by atoms with Crippen molar-refractivity contribution in [1.29, 1.82) is 0 Å². The van der Waals surface area contributed by atoms with Gasteiger partial charge in [0.05, 0.1) is 13.0 Å². The predicted octanol–water partition coefficient (Wildman–Crippen LogP) is 4.46. The molecule has 0 bridgehead atoms. The van der Waals surface area contributed by atoms with Gasteiger partial charge in [-0.1, -0.05) is 48.4 Å². The molecule has 27 heavy (non-hydrogen) atoms. The lowest BCUT2D eigenvalue weighted by Crippen LogP contribution is -2.38. The first-order chi connectivity index (χ1) is 13.0. The second-order valence-corrected chi connectivity index (χ2v) is 7.61. The number of rotatable bonds is 9. The highest BCUT2D eigenvalue weighted by Crippen LogP contribution is 2.21. The van der Waals surface area contributed by atoms with E-state index in [4.69, 9.17) is 4.74 Å². The zero-order chi connectivity index (χ0) is 19.6. The average Bonchev–Trinajstić information content (AvgIpc) is 2.70. The van der Waals surface area contributed by atoms with Crippen LogP contribution in [-0.2, 0) is 20.7 Å². The smallest absolute Gasteiger partial charge is 0.310 e. The molecule has 0 spiro atoms. The van der Waals surface area contributed by atoms with Crippen molar-refractivity contribution in [3.05, 3.63) is 47.0 Å². The van der Waals surface area contributed by atoms with Gasteiger partial charge < -0.3 is 9.64 Å². The van der Waals surface area contributed by atoms with E-state index in [0.717, 1.165) is 25.7 Å². The lowest BCUT2D eigenvalue weighted by Gasteiger charge is -2.26. The van der Waals surface area contributed by atoms with Crippen LogP contribution in [0.25, 0.3) is 0 Å². The van der Waals surface area contributed by atoms with Gasteiger partial charge in [0.25, 0.3) is 0 Å². The maximum Gasteiger partial charge on any atom is 0.310 e. The Kier molecular flexibility index (Phi) is 8.56. The number of methoxy groups -OCH3 is 1. The van der Waals surface area contributed by atoms with E-state index in [9.17, 15) is 9.59 Å². The summed E-state index contributed by atoms with van der Waals surface area (Å²) in [4.78, 5) is 26.5. The van der Waals surface area contributed by atoms with Crippen LogP contribution < -0.4 is 0 Å². The third-order valence-electron chi connectivity index (χ3n) is 5.29. The number of allylic oxidation sites excluding steroid dienone is 1. The number of benzene rings is 1. The van der Waals surface area contributed by atoms with Crippen LogP contribution in [0, 0.1) is 12.8 Å². The van der Waals surface area contributed by atoms with E-state index in [1.807, 2.05) is 11.8 Å². The fraction of sp³-hybridized carbons (Fsp3) is 0.565. The zero-order valence-electron chi connectivity index (χ0n) is 17.0. The molecule has 0 aliphatic heterocycles. The van der Waals surface area contributed by atoms with Crippen molar-refractivity contribution in [2.75, 3.05) is 20.2 Å². The molecule has 148 valence electrons. The van der Waals surface area contributed by atoms with Gasteiger partial charge in [-0.15, -0.1) is 0 Å². The number of aryl methyl sites for hydroxylation is 2. The predicted molar refractivity (Wildman–Crippen MR) is 108 cm³/mol. The minimum atomic E-state index is -0.307. The van der Waals surface area contributed by atoms with E-state index in [1.165, 1.54) is 36.7 Å². The van der Waals surface area contributed by atoms with Crippen molar-refractivity contribution < 1.29 is 14.3 Å². The molecule has 1 aromatic rings. The summed E-state index contributed by atoms with van der Waals surface area (Å²) in [6, 6.07) is 8.31. The number of hydrogen-bond donors (Lipinski definition) is 0. The van der Waals surface area contributed by atoms with Crippen molar-refractivity contribution in [3.8, 4) is 0 Å². The lowest BCUT2D eigenvalue weighted by atomic mass is 9.97. The highest BCUT2D eigenvalue weighted by molar-refractivity contribution is 5.78. The van der Waals surface area contributed by atoms with Crippen molar-refractivity contribution in [1.82, 2.24) is 4.90 Å². The van der Waals surface area contributed by atoms with Gasteiger partial charge in [0.1, 0.15) is 0 Å². The fourth-order valence-corrected chi connectivity index (χ4v) is 3.50. The number of carbonyl (C=O) groups excluding carboxylic acids is 2. The van der Waals surface area contributed by atoms with Gasteiger partial charge in [0.15, 0.2) is 0 Å². The third-order valence-corrected chi connectivity index (χ3v) is 5.29.